The van der Waals surface area contributed by atoms with Crippen LogP contribution < -0.4 is 20.8 Å². The number of anilines is 2. The summed E-state index contributed by atoms with van der Waals surface area (Å²) in [6.45, 7) is 7.57. The first-order valence-corrected chi connectivity index (χ1v) is 11.0. The van der Waals surface area contributed by atoms with Gasteiger partial charge in [-0.25, -0.2) is 5.43 Å². The van der Waals surface area contributed by atoms with Crippen LogP contribution in [0.25, 0.3) is 0 Å². The molecule has 8 nitrogen and oxygen atoms in total. The molecular formula is C27H28N4O4. The number of hydrogen-bond acceptors (Lipinski definition) is 5. The lowest BCUT2D eigenvalue weighted by Crippen LogP contribution is -2.32. The SMILES string of the molecule is Cc1cccc(NC(=O)C(=O)N/N=C\c2ccccc2OCC(=O)Nc2c(C)cc(C)cc2C)c1. The van der Waals surface area contributed by atoms with Crippen molar-refractivity contribution in [3.05, 3.63) is 88.5 Å². The molecule has 0 atom stereocenters. The monoisotopic (exact) mass is 472 g/mol. The van der Waals surface area contributed by atoms with Crippen molar-refractivity contribution in [3.8, 4) is 5.75 Å². The third-order valence-electron chi connectivity index (χ3n) is 5.07. The molecule has 35 heavy (non-hydrogen) atoms. The van der Waals surface area contributed by atoms with Crippen LogP contribution in [-0.2, 0) is 14.4 Å². The van der Waals surface area contributed by atoms with E-state index in [1.807, 2.05) is 45.9 Å². The van der Waals surface area contributed by atoms with Gasteiger partial charge in [-0.05, 0) is 68.7 Å². The topological polar surface area (TPSA) is 109 Å². The minimum atomic E-state index is -0.913. The number of nitrogens with zero attached hydrogens (tertiary/aromatic N) is 1. The van der Waals surface area contributed by atoms with Crippen molar-refractivity contribution in [2.75, 3.05) is 17.2 Å². The fraction of sp³-hybridized carbons (Fsp3) is 0.185. The van der Waals surface area contributed by atoms with Crippen LogP contribution in [0.4, 0.5) is 11.4 Å². The second kappa shape index (κ2) is 11.6. The van der Waals surface area contributed by atoms with Crippen LogP contribution in [-0.4, -0.2) is 30.5 Å². The molecule has 0 aliphatic rings. The average molecular weight is 473 g/mol. The maximum Gasteiger partial charge on any atom is 0.329 e. The Labute approximate surface area is 204 Å². The number of amides is 3. The molecule has 0 aliphatic carbocycles. The number of benzene rings is 3. The molecule has 3 aromatic carbocycles. The highest BCUT2D eigenvalue weighted by atomic mass is 16.5. The Morgan fingerprint density at radius 1 is 0.829 bits per heavy atom. The Bertz CT molecular complexity index is 1260. The van der Waals surface area contributed by atoms with Gasteiger partial charge in [0.2, 0.25) is 0 Å². The van der Waals surface area contributed by atoms with Gasteiger partial charge < -0.3 is 15.4 Å². The third-order valence-corrected chi connectivity index (χ3v) is 5.07. The number of aryl methyl sites for hydroxylation is 4. The predicted octanol–water partition coefficient (Wildman–Crippen LogP) is 4.03. The van der Waals surface area contributed by atoms with E-state index in [0.717, 1.165) is 27.9 Å². The number of carbonyl (C=O) groups is 3. The van der Waals surface area contributed by atoms with E-state index >= 15 is 0 Å². The Balaban J connectivity index is 1.56. The molecule has 0 aromatic heterocycles. The zero-order valence-electron chi connectivity index (χ0n) is 20.1. The molecular weight excluding hydrogens is 444 g/mol. The van der Waals surface area contributed by atoms with Crippen molar-refractivity contribution in [2.24, 2.45) is 5.10 Å². The van der Waals surface area contributed by atoms with Crippen molar-refractivity contribution in [1.82, 2.24) is 5.43 Å². The highest BCUT2D eigenvalue weighted by Crippen LogP contribution is 2.22. The van der Waals surface area contributed by atoms with Crippen LogP contribution in [0, 0.1) is 27.7 Å². The molecule has 0 saturated carbocycles. The molecule has 0 aliphatic heterocycles. The summed E-state index contributed by atoms with van der Waals surface area (Å²) in [6, 6.07) is 18.0. The van der Waals surface area contributed by atoms with E-state index in [4.69, 9.17) is 4.74 Å². The summed E-state index contributed by atoms with van der Waals surface area (Å²) in [4.78, 5) is 36.6. The fourth-order valence-corrected chi connectivity index (χ4v) is 3.54. The van der Waals surface area contributed by atoms with Crippen LogP contribution in [0.15, 0.2) is 65.8 Å². The number of para-hydroxylation sites is 1. The normalized spacial score (nSPS) is 10.6. The maximum atomic E-state index is 12.5. The largest absolute Gasteiger partial charge is 0.483 e. The molecule has 8 heteroatoms. The number of hydrazone groups is 1. The highest BCUT2D eigenvalue weighted by molar-refractivity contribution is 6.39. The number of carbonyl (C=O) groups excluding carboxylic acids is 3. The Kier molecular flexibility index (Phi) is 8.34. The van der Waals surface area contributed by atoms with Crippen molar-refractivity contribution >= 4 is 35.3 Å². The summed E-state index contributed by atoms with van der Waals surface area (Å²) in [6.07, 6.45) is 1.35. The van der Waals surface area contributed by atoms with E-state index in [-0.39, 0.29) is 12.5 Å². The van der Waals surface area contributed by atoms with Crippen LogP contribution in [0.3, 0.4) is 0 Å². The number of ether oxygens (including phenoxy) is 1. The molecule has 3 rings (SSSR count). The van der Waals surface area contributed by atoms with Gasteiger partial charge >= 0.3 is 11.8 Å². The van der Waals surface area contributed by atoms with Gasteiger partial charge in [-0.3, -0.25) is 14.4 Å². The number of rotatable bonds is 7. The zero-order valence-corrected chi connectivity index (χ0v) is 20.1. The van der Waals surface area contributed by atoms with Crippen molar-refractivity contribution in [2.45, 2.75) is 27.7 Å². The van der Waals surface area contributed by atoms with Crippen LogP contribution in [0.2, 0.25) is 0 Å². The molecule has 0 bridgehead atoms. The molecule has 0 unspecified atom stereocenters. The molecule has 0 heterocycles. The summed E-state index contributed by atoms with van der Waals surface area (Å²) in [7, 11) is 0. The van der Waals surface area contributed by atoms with Gasteiger partial charge in [-0.15, -0.1) is 0 Å². The van der Waals surface area contributed by atoms with Crippen molar-refractivity contribution in [1.29, 1.82) is 0 Å². The summed E-state index contributed by atoms with van der Waals surface area (Å²) < 4.78 is 5.67. The van der Waals surface area contributed by atoms with Crippen LogP contribution in [0.1, 0.15) is 27.8 Å². The van der Waals surface area contributed by atoms with E-state index in [1.165, 1.54) is 6.21 Å². The summed E-state index contributed by atoms with van der Waals surface area (Å²) >= 11 is 0. The molecule has 0 fully saturated rings. The molecule has 0 spiro atoms. The molecule has 3 aromatic rings. The van der Waals surface area contributed by atoms with Gasteiger partial charge in [0, 0.05) is 16.9 Å². The zero-order chi connectivity index (χ0) is 25.4. The lowest BCUT2D eigenvalue weighted by atomic mass is 10.1. The standard InChI is InChI=1S/C27H28N4O4/c1-17-8-7-10-22(14-17)29-26(33)27(34)31-28-15-21-9-5-6-11-23(21)35-16-24(32)30-25-19(3)12-18(2)13-20(25)4/h5-15H,16H2,1-4H3,(H,29,33)(H,30,32)(H,31,34)/b28-15-. The number of nitrogens with one attached hydrogen (secondary N) is 3. The summed E-state index contributed by atoms with van der Waals surface area (Å²) in [5.74, 6) is -1.64. The smallest absolute Gasteiger partial charge is 0.329 e. The van der Waals surface area contributed by atoms with Gasteiger partial charge in [-0.2, -0.15) is 5.10 Å². The lowest BCUT2D eigenvalue weighted by Gasteiger charge is -2.14. The highest BCUT2D eigenvalue weighted by Gasteiger charge is 2.13. The predicted molar refractivity (Wildman–Crippen MR) is 137 cm³/mol. The Hall–Kier alpha value is -4.46. The fourth-order valence-electron chi connectivity index (χ4n) is 3.54. The molecule has 3 amide bonds. The Morgan fingerprint density at radius 2 is 1.54 bits per heavy atom. The van der Waals surface area contributed by atoms with Gasteiger partial charge in [0.05, 0.1) is 6.21 Å². The average Bonchev–Trinajstić information content (AvgIpc) is 2.80. The van der Waals surface area contributed by atoms with Gasteiger partial charge in [0.1, 0.15) is 5.75 Å². The minimum absolute atomic E-state index is 0.205. The third kappa shape index (κ3) is 7.26. The van der Waals surface area contributed by atoms with Crippen molar-refractivity contribution in [3.63, 3.8) is 0 Å². The summed E-state index contributed by atoms with van der Waals surface area (Å²) in [5.41, 5.74) is 8.04. The van der Waals surface area contributed by atoms with E-state index in [1.54, 1.807) is 42.5 Å². The first-order valence-electron chi connectivity index (χ1n) is 11.0. The second-order valence-electron chi connectivity index (χ2n) is 8.17. The first-order chi connectivity index (χ1) is 16.7. The summed E-state index contributed by atoms with van der Waals surface area (Å²) in [5, 5.41) is 9.25. The van der Waals surface area contributed by atoms with E-state index in [0.29, 0.717) is 17.0 Å². The van der Waals surface area contributed by atoms with Crippen LogP contribution >= 0.6 is 0 Å². The maximum absolute atomic E-state index is 12.5. The Morgan fingerprint density at radius 3 is 2.26 bits per heavy atom. The first kappa shape index (κ1) is 25.2. The quantitative estimate of drug-likeness (QED) is 0.274. The van der Waals surface area contributed by atoms with E-state index in [9.17, 15) is 14.4 Å². The van der Waals surface area contributed by atoms with Gasteiger partial charge in [0.15, 0.2) is 6.61 Å². The molecule has 3 N–H and O–H groups in total. The van der Waals surface area contributed by atoms with Gasteiger partial charge in [0.25, 0.3) is 5.91 Å². The number of hydrogen-bond donors (Lipinski definition) is 3. The lowest BCUT2D eigenvalue weighted by molar-refractivity contribution is -0.136. The molecule has 0 saturated heterocycles. The molecule has 180 valence electrons. The van der Waals surface area contributed by atoms with Gasteiger partial charge in [-0.1, -0.05) is 42.0 Å². The molecule has 0 radical (unpaired) electrons. The minimum Gasteiger partial charge on any atom is -0.483 e. The van der Waals surface area contributed by atoms with E-state index in [2.05, 4.69) is 21.2 Å². The second-order valence-corrected chi connectivity index (χ2v) is 8.17. The van der Waals surface area contributed by atoms with Crippen LogP contribution in [0.5, 0.6) is 5.75 Å². The van der Waals surface area contributed by atoms with E-state index < -0.39 is 11.8 Å². The van der Waals surface area contributed by atoms with Crippen molar-refractivity contribution < 1.29 is 19.1 Å².